The van der Waals surface area contributed by atoms with Crippen LogP contribution >= 0.6 is 10.9 Å². The molecule has 1 aliphatic heterocycles. The number of halogens is 2. The first kappa shape index (κ1) is 24.2. The topological polar surface area (TPSA) is 54.5 Å². The van der Waals surface area contributed by atoms with E-state index in [-0.39, 0.29) is 16.1 Å². The van der Waals surface area contributed by atoms with Crippen molar-refractivity contribution < 1.29 is 23.2 Å². The molecule has 0 bridgehead atoms. The maximum absolute atomic E-state index is 14.8. The highest BCUT2D eigenvalue weighted by atomic mass is 32.1. The van der Waals surface area contributed by atoms with Crippen molar-refractivity contribution in [3.63, 3.8) is 0 Å². The highest BCUT2D eigenvalue weighted by molar-refractivity contribution is 8.01. The largest absolute Gasteiger partial charge is 0.293 e. The Kier molecular flexibility index (Phi) is 6.70. The summed E-state index contributed by atoms with van der Waals surface area (Å²) in [4.78, 5) is 43.1. The van der Waals surface area contributed by atoms with Gasteiger partial charge in [-0.3, -0.25) is 19.3 Å². The molecule has 4 aromatic carbocycles. The predicted molar refractivity (Wildman–Crippen MR) is 142 cm³/mol. The van der Waals surface area contributed by atoms with Crippen molar-refractivity contribution in [1.29, 1.82) is 0 Å². The van der Waals surface area contributed by atoms with Crippen LogP contribution in [-0.2, 0) is 4.79 Å². The van der Waals surface area contributed by atoms with E-state index in [0.717, 1.165) is 23.1 Å². The number of amides is 1. The molecule has 1 amide bonds. The maximum Gasteiger partial charge on any atom is 0.273 e. The van der Waals surface area contributed by atoms with Gasteiger partial charge in [-0.05, 0) is 42.0 Å². The molecule has 0 aliphatic carbocycles. The van der Waals surface area contributed by atoms with Crippen molar-refractivity contribution in [3.05, 3.63) is 138 Å². The van der Waals surface area contributed by atoms with Crippen LogP contribution < -0.4 is 4.90 Å². The molecule has 182 valence electrons. The number of ketones is 2. The van der Waals surface area contributed by atoms with E-state index in [1.165, 1.54) is 41.3 Å². The van der Waals surface area contributed by atoms with Gasteiger partial charge < -0.3 is 0 Å². The summed E-state index contributed by atoms with van der Waals surface area (Å²) in [5, 5.41) is 0. The molecule has 0 unspecified atom stereocenters. The monoisotopic (exact) mass is 511 g/mol. The number of anilines is 1. The van der Waals surface area contributed by atoms with Crippen LogP contribution in [0.25, 0.3) is 0 Å². The summed E-state index contributed by atoms with van der Waals surface area (Å²) in [6.07, 6.45) is 0. The van der Waals surface area contributed by atoms with Gasteiger partial charge in [0.25, 0.3) is 5.91 Å². The number of rotatable bonds is 7. The molecule has 1 aliphatic rings. The fourth-order valence-corrected chi connectivity index (χ4v) is 5.41. The summed E-state index contributed by atoms with van der Waals surface area (Å²) >= 11 is 0. The lowest BCUT2D eigenvalue weighted by molar-refractivity contribution is -0.111. The van der Waals surface area contributed by atoms with Crippen LogP contribution in [0.2, 0.25) is 0 Å². The van der Waals surface area contributed by atoms with Crippen LogP contribution in [0.1, 0.15) is 26.3 Å². The fraction of sp³-hybridized carbons (Fsp3) is 0.0333. The Morgan fingerprint density at radius 1 is 0.649 bits per heavy atom. The molecule has 5 rings (SSSR count). The number of Topliss-reactive ketones (excluding diaryl/α,β-unsaturated/α-hetero) is 2. The predicted octanol–water partition coefficient (Wildman–Crippen LogP) is 5.78. The van der Waals surface area contributed by atoms with Crippen molar-refractivity contribution in [2.75, 3.05) is 4.90 Å². The van der Waals surface area contributed by atoms with E-state index in [1.54, 1.807) is 60.7 Å². The smallest absolute Gasteiger partial charge is 0.273 e. The van der Waals surface area contributed by atoms with E-state index in [2.05, 4.69) is 0 Å². The van der Waals surface area contributed by atoms with Gasteiger partial charge >= 0.3 is 0 Å². The molecule has 0 N–H and O–H groups in total. The molecule has 4 nitrogen and oxygen atoms in total. The van der Waals surface area contributed by atoms with Gasteiger partial charge in [-0.1, -0.05) is 72.8 Å². The number of nitrogens with zero attached hydrogens (tertiary/aromatic N) is 1. The van der Waals surface area contributed by atoms with Gasteiger partial charge in [-0.15, -0.1) is 10.9 Å². The van der Waals surface area contributed by atoms with Crippen molar-refractivity contribution in [2.45, 2.75) is 0 Å². The van der Waals surface area contributed by atoms with Crippen molar-refractivity contribution in [1.82, 2.24) is 0 Å². The van der Waals surface area contributed by atoms with Gasteiger partial charge in [0, 0.05) is 5.69 Å². The second-order valence-corrected chi connectivity index (χ2v) is 9.26. The Labute approximate surface area is 215 Å². The average molecular weight is 512 g/mol. The number of carbonyl (C=O) groups is 3. The first-order valence-corrected chi connectivity index (χ1v) is 12.2. The first-order valence-electron chi connectivity index (χ1n) is 11.4. The van der Waals surface area contributed by atoms with E-state index in [4.69, 9.17) is 0 Å². The van der Waals surface area contributed by atoms with E-state index < -0.39 is 35.0 Å². The lowest BCUT2D eigenvalue weighted by Gasteiger charge is -2.25. The van der Waals surface area contributed by atoms with Crippen LogP contribution in [0.15, 0.2) is 109 Å². The highest BCUT2D eigenvalue weighted by Crippen LogP contribution is 2.30. The molecule has 7 heteroatoms. The van der Waals surface area contributed by atoms with Crippen LogP contribution in [0.5, 0.6) is 0 Å². The van der Waals surface area contributed by atoms with Crippen LogP contribution in [0.4, 0.5) is 14.5 Å². The van der Waals surface area contributed by atoms with Gasteiger partial charge in [-0.25, -0.2) is 8.78 Å². The number of hydrogen-bond donors (Lipinski definition) is 0. The zero-order valence-electron chi connectivity index (χ0n) is 19.3. The van der Waals surface area contributed by atoms with Gasteiger partial charge in [-0.2, -0.15) is 0 Å². The van der Waals surface area contributed by atoms with Crippen LogP contribution in [0, 0.1) is 17.6 Å². The van der Waals surface area contributed by atoms with Crippen LogP contribution in [0.3, 0.4) is 0 Å². The standard InChI is InChI=1S/C30H19F2NO3S/c31-23-17-9-7-15-21(23)26(34)25(27(35)22-16-8-10-18-24(22)32)30-33(20-13-5-2-6-14-20)29(36)28(37-30)19-11-3-1-4-12-19/h1-18,25H. The molecule has 0 aromatic heterocycles. The van der Waals surface area contributed by atoms with E-state index in [1.807, 2.05) is 0 Å². The molecule has 37 heavy (non-hydrogen) atoms. The Balaban J connectivity index is 1.76. The van der Waals surface area contributed by atoms with Crippen molar-refractivity contribution >= 4 is 44.0 Å². The van der Waals surface area contributed by atoms with Crippen molar-refractivity contribution in [3.8, 4) is 0 Å². The Morgan fingerprint density at radius 2 is 1.11 bits per heavy atom. The third-order valence-corrected chi connectivity index (χ3v) is 7.17. The van der Waals surface area contributed by atoms with Gasteiger partial charge in [0.2, 0.25) is 0 Å². The number of benzene rings is 4. The molecule has 0 fully saturated rings. The molecule has 0 atom stereocenters. The highest BCUT2D eigenvalue weighted by Gasteiger charge is 2.42. The molecule has 1 heterocycles. The molecule has 0 saturated heterocycles. The van der Waals surface area contributed by atoms with Crippen molar-refractivity contribution in [2.24, 2.45) is 5.92 Å². The maximum atomic E-state index is 14.8. The third kappa shape index (κ3) is 4.57. The van der Waals surface area contributed by atoms with Gasteiger partial charge in [0.05, 0.1) is 16.1 Å². The molecule has 4 aromatic rings. The number of para-hydroxylation sites is 1. The SMILES string of the molecule is O=C(c1ccccc1F)C(C(=O)c1ccccc1F)C1=S=C(c2ccccc2)C(=O)N1c1ccccc1. The second-order valence-electron chi connectivity index (χ2n) is 8.23. The Morgan fingerprint density at radius 3 is 1.62 bits per heavy atom. The minimum absolute atomic E-state index is 0.0663. The summed E-state index contributed by atoms with van der Waals surface area (Å²) in [5.74, 6) is -5.46. The molecule has 0 radical (unpaired) electrons. The summed E-state index contributed by atoms with van der Waals surface area (Å²) in [6, 6.07) is 28.0. The molecule has 0 saturated carbocycles. The third-order valence-electron chi connectivity index (χ3n) is 5.92. The second kappa shape index (κ2) is 10.2. The average Bonchev–Trinajstić information content (AvgIpc) is 3.26. The molecular weight excluding hydrogens is 492 g/mol. The Bertz CT molecular complexity index is 1540. The van der Waals surface area contributed by atoms with Gasteiger partial charge in [0.15, 0.2) is 11.6 Å². The molecule has 0 spiro atoms. The fourth-order valence-electron chi connectivity index (χ4n) is 4.15. The lowest BCUT2D eigenvalue weighted by atomic mass is 9.88. The zero-order chi connectivity index (χ0) is 25.9. The van der Waals surface area contributed by atoms with E-state index >= 15 is 0 Å². The quantitative estimate of drug-likeness (QED) is 0.180. The summed E-state index contributed by atoms with van der Waals surface area (Å²) in [5.41, 5.74) is 0.385. The zero-order valence-corrected chi connectivity index (χ0v) is 20.1. The minimum atomic E-state index is -1.66. The summed E-state index contributed by atoms with van der Waals surface area (Å²) < 4.78 is 29.5. The van der Waals surface area contributed by atoms with Crippen LogP contribution in [-0.4, -0.2) is 27.3 Å². The number of hydrogen-bond acceptors (Lipinski definition) is 3. The van der Waals surface area contributed by atoms with Gasteiger partial charge in [0.1, 0.15) is 22.4 Å². The number of carbonyl (C=O) groups excluding carboxylic acids is 3. The first-order chi connectivity index (χ1) is 18.0. The molecular formula is C30H19F2NO3S. The normalized spacial score (nSPS) is 13.2. The summed E-state index contributed by atoms with van der Waals surface area (Å²) in [6.45, 7) is 0. The summed E-state index contributed by atoms with van der Waals surface area (Å²) in [7, 11) is 0.964. The lowest BCUT2D eigenvalue weighted by Crippen LogP contribution is -2.45. The van der Waals surface area contributed by atoms with E-state index in [0.29, 0.717) is 16.1 Å². The Hall–Kier alpha value is -4.49. The minimum Gasteiger partial charge on any atom is -0.293 e. The van der Waals surface area contributed by atoms with E-state index in [9.17, 15) is 23.2 Å².